The number of alkyl halides is 3. The number of hydrogen-bond donors (Lipinski definition) is 2. The van der Waals surface area contributed by atoms with Crippen LogP contribution >= 0.6 is 0 Å². The van der Waals surface area contributed by atoms with Crippen LogP contribution in [0.25, 0.3) is 0 Å². The molecule has 1 amide bonds. The number of hydrogen-bond acceptors (Lipinski definition) is 3. The van der Waals surface area contributed by atoms with Crippen molar-refractivity contribution in [1.29, 1.82) is 0 Å². The second-order valence-corrected chi connectivity index (χ2v) is 7.21. The van der Waals surface area contributed by atoms with Crippen molar-refractivity contribution in [2.75, 3.05) is 11.9 Å². The van der Waals surface area contributed by atoms with Gasteiger partial charge in [-0.2, -0.15) is 13.2 Å². The molecule has 0 saturated heterocycles. The van der Waals surface area contributed by atoms with Crippen molar-refractivity contribution in [3.63, 3.8) is 0 Å². The Labute approximate surface area is 161 Å². The lowest BCUT2D eigenvalue weighted by atomic mass is 9.98. The smallest absolute Gasteiger partial charge is 0.352 e. The number of aromatic nitrogens is 1. The van der Waals surface area contributed by atoms with Gasteiger partial charge in [0.05, 0.1) is 16.8 Å². The van der Waals surface area contributed by atoms with E-state index >= 15 is 0 Å². The number of nitrogens with one attached hydrogen (secondary N) is 2. The van der Waals surface area contributed by atoms with Crippen molar-refractivity contribution in [3.05, 3.63) is 53.0 Å². The number of amides is 1. The molecule has 0 saturated carbocycles. The maximum Gasteiger partial charge on any atom is 0.419 e. The molecule has 0 fully saturated rings. The summed E-state index contributed by atoms with van der Waals surface area (Å²) >= 11 is 0. The number of carbonyl (C=O) groups excluding carboxylic acids is 1. The number of halogens is 4. The van der Waals surface area contributed by atoms with Crippen molar-refractivity contribution in [2.24, 2.45) is 5.92 Å². The SMILES string of the molecule is CC(C)CNC(=O)c1cnc(Nc2cccc(C(F)(F)F)c2F)cc1C(C)C. The largest absolute Gasteiger partial charge is 0.419 e. The van der Waals surface area contributed by atoms with Crippen LogP contribution in [0.3, 0.4) is 0 Å². The maximum atomic E-state index is 14.2. The first-order valence-electron chi connectivity index (χ1n) is 8.91. The Hall–Kier alpha value is -2.64. The van der Waals surface area contributed by atoms with E-state index in [0.717, 1.165) is 6.07 Å². The molecule has 28 heavy (non-hydrogen) atoms. The predicted molar refractivity (Wildman–Crippen MR) is 100 cm³/mol. The molecule has 2 rings (SSSR count). The highest BCUT2D eigenvalue weighted by Crippen LogP contribution is 2.35. The molecule has 0 aliphatic carbocycles. The number of carbonyl (C=O) groups is 1. The highest BCUT2D eigenvalue weighted by molar-refractivity contribution is 5.95. The quantitative estimate of drug-likeness (QED) is 0.634. The Kier molecular flexibility index (Phi) is 6.64. The van der Waals surface area contributed by atoms with E-state index in [1.165, 1.54) is 12.3 Å². The Morgan fingerprint density at radius 3 is 2.43 bits per heavy atom. The lowest BCUT2D eigenvalue weighted by Gasteiger charge is -2.16. The molecular weight excluding hydrogens is 374 g/mol. The fourth-order valence-electron chi connectivity index (χ4n) is 2.58. The van der Waals surface area contributed by atoms with Crippen molar-refractivity contribution in [3.8, 4) is 0 Å². The van der Waals surface area contributed by atoms with Gasteiger partial charge >= 0.3 is 6.18 Å². The summed E-state index contributed by atoms with van der Waals surface area (Å²) in [7, 11) is 0. The Bertz CT molecular complexity index is 848. The van der Waals surface area contributed by atoms with Gasteiger partial charge in [-0.05, 0) is 35.6 Å². The van der Waals surface area contributed by atoms with Gasteiger partial charge in [-0.25, -0.2) is 9.37 Å². The van der Waals surface area contributed by atoms with Crippen molar-refractivity contribution < 1.29 is 22.4 Å². The van der Waals surface area contributed by atoms with Crippen LogP contribution in [0.4, 0.5) is 29.1 Å². The summed E-state index contributed by atoms with van der Waals surface area (Å²) in [5, 5.41) is 5.39. The fourth-order valence-corrected chi connectivity index (χ4v) is 2.58. The molecule has 0 aliphatic heterocycles. The van der Waals surface area contributed by atoms with Gasteiger partial charge in [0.15, 0.2) is 5.82 Å². The van der Waals surface area contributed by atoms with E-state index in [0.29, 0.717) is 23.7 Å². The topological polar surface area (TPSA) is 54.0 Å². The summed E-state index contributed by atoms with van der Waals surface area (Å²) in [5.41, 5.74) is -0.655. The minimum absolute atomic E-state index is 0.0466. The van der Waals surface area contributed by atoms with Gasteiger partial charge in [0.25, 0.3) is 5.91 Å². The maximum absolute atomic E-state index is 14.2. The third kappa shape index (κ3) is 5.21. The third-order valence-electron chi connectivity index (χ3n) is 4.04. The molecular formula is C20H23F4N3O. The normalized spacial score (nSPS) is 11.8. The Morgan fingerprint density at radius 2 is 1.86 bits per heavy atom. The molecule has 0 bridgehead atoms. The molecule has 8 heteroatoms. The van der Waals surface area contributed by atoms with Crippen molar-refractivity contribution >= 4 is 17.4 Å². The van der Waals surface area contributed by atoms with Gasteiger partial charge in [-0.15, -0.1) is 0 Å². The van der Waals surface area contributed by atoms with Crippen LogP contribution < -0.4 is 10.6 Å². The molecule has 152 valence electrons. The van der Waals surface area contributed by atoms with Gasteiger partial charge in [0.1, 0.15) is 5.82 Å². The first-order chi connectivity index (χ1) is 13.0. The molecule has 4 nitrogen and oxygen atoms in total. The van der Waals surface area contributed by atoms with Gasteiger partial charge in [-0.1, -0.05) is 33.8 Å². The Balaban J connectivity index is 2.34. The monoisotopic (exact) mass is 397 g/mol. The van der Waals surface area contributed by atoms with Crippen LogP contribution in [-0.4, -0.2) is 17.4 Å². The molecule has 0 unspecified atom stereocenters. The molecule has 0 spiro atoms. The molecule has 2 aromatic rings. The van der Waals surface area contributed by atoms with E-state index in [-0.39, 0.29) is 29.2 Å². The zero-order chi connectivity index (χ0) is 21.1. The lowest BCUT2D eigenvalue weighted by Crippen LogP contribution is -2.28. The molecule has 0 aliphatic rings. The van der Waals surface area contributed by atoms with Crippen LogP contribution in [0.1, 0.15) is 55.1 Å². The zero-order valence-corrected chi connectivity index (χ0v) is 16.1. The summed E-state index contributed by atoms with van der Waals surface area (Å²) in [6.07, 6.45) is -3.45. The highest BCUT2D eigenvalue weighted by Gasteiger charge is 2.35. The van der Waals surface area contributed by atoms with E-state index in [9.17, 15) is 22.4 Å². The average Bonchev–Trinajstić information content (AvgIpc) is 2.60. The highest BCUT2D eigenvalue weighted by atomic mass is 19.4. The van der Waals surface area contributed by atoms with Crippen LogP contribution in [0.15, 0.2) is 30.5 Å². The summed E-state index contributed by atoms with van der Waals surface area (Å²) in [5.74, 6) is -1.29. The minimum Gasteiger partial charge on any atom is -0.352 e. The molecule has 2 N–H and O–H groups in total. The number of nitrogens with zero attached hydrogens (tertiary/aromatic N) is 1. The van der Waals surface area contributed by atoms with Gasteiger partial charge in [0, 0.05) is 12.7 Å². The molecule has 0 radical (unpaired) electrons. The second kappa shape index (κ2) is 8.58. The fraction of sp³-hybridized carbons (Fsp3) is 0.400. The summed E-state index contributed by atoms with van der Waals surface area (Å²) in [4.78, 5) is 16.5. The number of rotatable bonds is 6. The minimum atomic E-state index is -4.79. The van der Waals surface area contributed by atoms with E-state index in [2.05, 4.69) is 15.6 Å². The van der Waals surface area contributed by atoms with Crippen LogP contribution in [0.2, 0.25) is 0 Å². The number of benzene rings is 1. The predicted octanol–water partition coefficient (Wildman–Crippen LogP) is 5.49. The molecule has 1 heterocycles. The Morgan fingerprint density at radius 1 is 1.18 bits per heavy atom. The third-order valence-corrected chi connectivity index (χ3v) is 4.04. The summed E-state index contributed by atoms with van der Waals surface area (Å²) < 4.78 is 52.9. The molecule has 0 atom stereocenters. The lowest BCUT2D eigenvalue weighted by molar-refractivity contribution is -0.139. The molecule has 1 aromatic carbocycles. The van der Waals surface area contributed by atoms with E-state index in [4.69, 9.17) is 0 Å². The summed E-state index contributed by atoms with van der Waals surface area (Å²) in [6.45, 7) is 8.20. The molecule has 1 aromatic heterocycles. The van der Waals surface area contributed by atoms with E-state index < -0.39 is 17.6 Å². The van der Waals surface area contributed by atoms with Crippen LogP contribution in [0.5, 0.6) is 0 Å². The van der Waals surface area contributed by atoms with Crippen molar-refractivity contribution in [1.82, 2.24) is 10.3 Å². The first-order valence-corrected chi connectivity index (χ1v) is 8.91. The van der Waals surface area contributed by atoms with Gasteiger partial charge in [-0.3, -0.25) is 4.79 Å². The van der Waals surface area contributed by atoms with E-state index in [1.807, 2.05) is 27.7 Å². The second-order valence-electron chi connectivity index (χ2n) is 7.21. The average molecular weight is 397 g/mol. The zero-order valence-electron chi connectivity index (χ0n) is 16.1. The number of anilines is 2. The standard InChI is InChI=1S/C20H23F4N3O/c1-11(2)9-26-19(28)14-10-25-17(8-13(14)12(3)4)27-16-7-5-6-15(18(16)21)20(22,23)24/h5-8,10-12H,9H2,1-4H3,(H,25,27)(H,26,28). The van der Waals surface area contributed by atoms with Crippen molar-refractivity contribution in [2.45, 2.75) is 39.8 Å². The summed E-state index contributed by atoms with van der Waals surface area (Å²) in [6, 6.07) is 4.54. The van der Waals surface area contributed by atoms with Gasteiger partial charge < -0.3 is 10.6 Å². The number of pyridine rings is 1. The van der Waals surface area contributed by atoms with Crippen LogP contribution in [0, 0.1) is 11.7 Å². The first kappa shape index (κ1) is 21.7. The van der Waals surface area contributed by atoms with Crippen LogP contribution in [-0.2, 0) is 6.18 Å². The van der Waals surface area contributed by atoms with E-state index in [1.54, 1.807) is 6.07 Å². The van der Waals surface area contributed by atoms with Gasteiger partial charge in [0.2, 0.25) is 0 Å².